The predicted molar refractivity (Wildman–Crippen MR) is 245 cm³/mol. The summed E-state index contributed by atoms with van der Waals surface area (Å²) in [6.45, 7) is 25.1. The third-order valence-electron chi connectivity index (χ3n) is 13.0. The van der Waals surface area contributed by atoms with Crippen LogP contribution in [0.4, 0.5) is 34.1 Å². The van der Waals surface area contributed by atoms with E-state index < -0.39 is 0 Å². The summed E-state index contributed by atoms with van der Waals surface area (Å²) < 4.78 is 14.1. The average molecular weight is 761 g/mol. The summed E-state index contributed by atoms with van der Waals surface area (Å²) in [6, 6.07) is 45.1. The van der Waals surface area contributed by atoms with Gasteiger partial charge in [-0.25, -0.2) is 0 Å². The number of furan rings is 1. The minimum Gasteiger partial charge on any atom is -0.468 e. The van der Waals surface area contributed by atoms with Crippen molar-refractivity contribution in [3.8, 4) is 11.5 Å². The van der Waals surface area contributed by atoms with Crippen LogP contribution in [0.5, 0.6) is 11.5 Å². The van der Waals surface area contributed by atoms with Gasteiger partial charge in [-0.2, -0.15) is 0 Å². The number of fused-ring (bicyclic) bond motifs is 9. The molecule has 0 spiro atoms. The molecule has 5 heteroatoms. The van der Waals surface area contributed by atoms with Crippen molar-refractivity contribution in [3.63, 3.8) is 0 Å². The van der Waals surface area contributed by atoms with Crippen LogP contribution in [0.15, 0.2) is 126 Å². The first kappa shape index (κ1) is 36.7. The molecule has 0 atom stereocenters. The molecule has 10 rings (SSSR count). The molecular weight excluding hydrogens is 707 g/mol. The highest BCUT2D eigenvalue weighted by molar-refractivity contribution is 7.00. The molecule has 0 aliphatic carbocycles. The molecule has 0 saturated heterocycles. The summed E-state index contributed by atoms with van der Waals surface area (Å²) in [4.78, 5) is 4.97. The van der Waals surface area contributed by atoms with Crippen molar-refractivity contribution in [2.45, 2.75) is 97.8 Å². The number of ether oxygens (including phenoxy) is 1. The van der Waals surface area contributed by atoms with Crippen LogP contribution in [-0.2, 0) is 21.7 Å². The summed E-state index contributed by atoms with van der Waals surface area (Å²) >= 11 is 0. The van der Waals surface area contributed by atoms with Crippen molar-refractivity contribution in [2.24, 2.45) is 0 Å². The van der Waals surface area contributed by atoms with Gasteiger partial charge in [-0.15, -0.1) is 0 Å². The Morgan fingerprint density at radius 1 is 0.534 bits per heavy atom. The van der Waals surface area contributed by atoms with Gasteiger partial charge in [-0.3, -0.25) is 0 Å². The molecule has 0 radical (unpaired) electrons. The number of hydrogen-bond acceptors (Lipinski definition) is 4. The van der Waals surface area contributed by atoms with Crippen LogP contribution >= 0.6 is 0 Å². The predicted octanol–water partition coefficient (Wildman–Crippen LogP) is 12.8. The minimum absolute atomic E-state index is 0.0241. The molecule has 58 heavy (non-hydrogen) atoms. The van der Waals surface area contributed by atoms with Gasteiger partial charge in [0.2, 0.25) is 0 Å². The normalized spacial score (nSPS) is 15.3. The number of nitrogens with zero attached hydrogens (tertiary/aromatic N) is 2. The molecular formula is C53H53BN2O2. The first-order chi connectivity index (χ1) is 27.4. The largest absolute Gasteiger partial charge is 0.468 e. The summed E-state index contributed by atoms with van der Waals surface area (Å²) in [5.74, 6) is 1.79. The standard InChI is InChI=1S/C53H53BN2O2/c1-50(2,3)32-19-24-35(25-20-32)55-39-28-23-34(52(7,8)9)31-38(39)54-47-40(55)16-14-17-41(47)56(36-26-21-33(22-27-36)51(4,5)6)48-45-43(58-49(48)54)29-30-44-46(45)53(10,11)37-15-12-13-18-42(37)57-44/h12-31H,1-11H3. The molecule has 290 valence electrons. The lowest BCUT2D eigenvalue weighted by Gasteiger charge is -2.43. The fourth-order valence-corrected chi connectivity index (χ4v) is 9.75. The van der Waals surface area contributed by atoms with E-state index in [1.54, 1.807) is 0 Å². The number of para-hydroxylation sites is 1. The molecule has 3 aliphatic rings. The Kier molecular flexibility index (Phi) is 7.69. The van der Waals surface area contributed by atoms with Gasteiger partial charge in [0.25, 0.3) is 6.71 Å². The summed E-state index contributed by atoms with van der Waals surface area (Å²) in [6.07, 6.45) is 0. The lowest BCUT2D eigenvalue weighted by Crippen LogP contribution is -2.61. The fourth-order valence-electron chi connectivity index (χ4n) is 9.75. The Morgan fingerprint density at radius 2 is 1.10 bits per heavy atom. The highest BCUT2D eigenvalue weighted by Crippen LogP contribution is 2.55. The van der Waals surface area contributed by atoms with Gasteiger partial charge >= 0.3 is 0 Å². The fraction of sp³-hybridized carbons (Fsp3) is 0.283. The molecule has 0 unspecified atom stereocenters. The third kappa shape index (κ3) is 5.35. The lowest BCUT2D eigenvalue weighted by molar-refractivity contribution is 0.420. The molecule has 3 aliphatic heterocycles. The Labute approximate surface area is 344 Å². The van der Waals surface area contributed by atoms with Gasteiger partial charge in [-0.05, 0) is 105 Å². The van der Waals surface area contributed by atoms with Crippen molar-refractivity contribution in [1.82, 2.24) is 0 Å². The molecule has 0 bridgehead atoms. The zero-order valence-electron chi connectivity index (χ0n) is 35.8. The second kappa shape index (κ2) is 12.2. The molecule has 4 nitrogen and oxygen atoms in total. The Hall–Kier alpha value is -5.68. The highest BCUT2D eigenvalue weighted by Gasteiger charge is 2.48. The van der Waals surface area contributed by atoms with Crippen molar-refractivity contribution in [2.75, 3.05) is 9.80 Å². The van der Waals surface area contributed by atoms with Crippen molar-refractivity contribution >= 4 is 68.4 Å². The van der Waals surface area contributed by atoms with Crippen molar-refractivity contribution in [3.05, 3.63) is 149 Å². The number of hydrogen-bond donors (Lipinski definition) is 0. The van der Waals surface area contributed by atoms with Gasteiger partial charge < -0.3 is 19.0 Å². The SMILES string of the molecule is CC(C)(C)c1ccc(N2c3ccc(C(C)(C)C)cc3B3c4oc5ccc6c(c5c4N(c4ccc(C(C)(C)C)cc4)c4cccc2c43)C(C)(C)c2ccccc2O6)cc1. The molecule has 0 saturated carbocycles. The zero-order valence-corrected chi connectivity index (χ0v) is 35.8. The topological polar surface area (TPSA) is 28.9 Å². The number of benzene rings is 6. The average Bonchev–Trinajstić information content (AvgIpc) is 3.55. The van der Waals surface area contributed by atoms with E-state index in [1.165, 1.54) is 44.6 Å². The quantitative estimate of drug-likeness (QED) is 0.164. The van der Waals surface area contributed by atoms with E-state index in [0.717, 1.165) is 56.4 Å². The molecule has 7 aromatic rings. The Bertz CT molecular complexity index is 2790. The van der Waals surface area contributed by atoms with Crippen LogP contribution in [0.1, 0.15) is 104 Å². The first-order valence-corrected chi connectivity index (χ1v) is 20.9. The van der Waals surface area contributed by atoms with E-state index in [4.69, 9.17) is 9.15 Å². The van der Waals surface area contributed by atoms with Crippen LogP contribution in [0.2, 0.25) is 0 Å². The number of rotatable bonds is 2. The molecule has 0 N–H and O–H groups in total. The minimum atomic E-state index is -0.356. The van der Waals surface area contributed by atoms with Gasteiger partial charge in [0.15, 0.2) is 0 Å². The van der Waals surface area contributed by atoms with Crippen LogP contribution in [0, 0.1) is 0 Å². The maximum atomic E-state index is 7.38. The van der Waals surface area contributed by atoms with E-state index in [1.807, 2.05) is 0 Å². The Balaban J connectivity index is 1.30. The maximum absolute atomic E-state index is 7.38. The second-order valence-corrected chi connectivity index (χ2v) is 20.3. The second-order valence-electron chi connectivity index (χ2n) is 20.3. The molecule has 0 amide bonds. The summed E-state index contributed by atoms with van der Waals surface area (Å²) in [7, 11) is 0. The van der Waals surface area contributed by atoms with Gasteiger partial charge in [0.05, 0.1) is 16.7 Å². The molecule has 4 heterocycles. The van der Waals surface area contributed by atoms with E-state index in [9.17, 15) is 0 Å². The van der Waals surface area contributed by atoms with E-state index in [2.05, 4.69) is 207 Å². The molecule has 1 aromatic heterocycles. The van der Waals surface area contributed by atoms with E-state index >= 15 is 0 Å². The van der Waals surface area contributed by atoms with E-state index in [-0.39, 0.29) is 28.4 Å². The van der Waals surface area contributed by atoms with Crippen LogP contribution in [0.25, 0.3) is 11.0 Å². The monoisotopic (exact) mass is 760 g/mol. The third-order valence-corrected chi connectivity index (χ3v) is 13.0. The Morgan fingerprint density at radius 3 is 1.72 bits per heavy atom. The van der Waals surface area contributed by atoms with Crippen LogP contribution < -0.4 is 31.1 Å². The van der Waals surface area contributed by atoms with Crippen molar-refractivity contribution < 1.29 is 9.15 Å². The first-order valence-electron chi connectivity index (χ1n) is 20.9. The zero-order chi connectivity index (χ0) is 40.7. The smallest absolute Gasteiger partial charge is 0.297 e. The van der Waals surface area contributed by atoms with Crippen molar-refractivity contribution in [1.29, 1.82) is 0 Å². The lowest BCUT2D eigenvalue weighted by atomic mass is 9.35. The van der Waals surface area contributed by atoms with Crippen LogP contribution in [0.3, 0.4) is 0 Å². The number of anilines is 6. The maximum Gasteiger partial charge on any atom is 0.297 e. The summed E-state index contributed by atoms with van der Waals surface area (Å²) in [5.41, 5.74) is 17.1. The molecule has 6 aromatic carbocycles. The highest BCUT2D eigenvalue weighted by atomic mass is 16.5. The van der Waals surface area contributed by atoms with Gasteiger partial charge in [0, 0.05) is 45.0 Å². The van der Waals surface area contributed by atoms with Gasteiger partial charge in [-0.1, -0.05) is 137 Å². The summed E-state index contributed by atoms with van der Waals surface area (Å²) in [5, 5.41) is 1.11. The molecule has 0 fully saturated rings. The van der Waals surface area contributed by atoms with E-state index in [0.29, 0.717) is 0 Å². The van der Waals surface area contributed by atoms with Crippen LogP contribution in [-0.4, -0.2) is 6.71 Å². The van der Waals surface area contributed by atoms with Gasteiger partial charge in [0.1, 0.15) is 17.1 Å².